The van der Waals surface area contributed by atoms with E-state index in [0.717, 1.165) is 20.9 Å². The highest BCUT2D eigenvalue weighted by atomic mass is 79.9. The van der Waals surface area contributed by atoms with E-state index in [2.05, 4.69) is 44.0 Å². The Kier molecular flexibility index (Phi) is 6.52. The molecule has 0 aliphatic heterocycles. The van der Waals surface area contributed by atoms with Crippen molar-refractivity contribution in [3.63, 3.8) is 0 Å². The molecule has 2 nitrogen and oxygen atoms in total. The minimum absolute atomic E-state index is 0.140. The fraction of sp³-hybridized carbons (Fsp3) is 0.316. The number of carbonyl (C=O) groups is 1. The van der Waals surface area contributed by atoms with Gasteiger partial charge in [0.05, 0.1) is 0 Å². The highest BCUT2D eigenvalue weighted by Gasteiger charge is 2.29. The van der Waals surface area contributed by atoms with Crippen molar-refractivity contribution in [2.45, 2.75) is 32.8 Å². The zero-order valence-corrected chi connectivity index (χ0v) is 17.7. The molecule has 0 aliphatic rings. The van der Waals surface area contributed by atoms with E-state index in [1.54, 1.807) is 0 Å². The monoisotopic (exact) mass is 472 g/mol. The predicted molar refractivity (Wildman–Crippen MR) is 106 cm³/mol. The van der Waals surface area contributed by atoms with Gasteiger partial charge in [0.15, 0.2) is 5.78 Å². The summed E-state index contributed by atoms with van der Waals surface area (Å²) in [5, 5.41) is 0. The lowest BCUT2D eigenvalue weighted by Gasteiger charge is -2.21. The van der Waals surface area contributed by atoms with Gasteiger partial charge in [-0.25, -0.2) is 0 Å². The average molecular weight is 475 g/mol. The molecular weight excluding hydrogens is 455 g/mol. The van der Waals surface area contributed by atoms with Crippen LogP contribution in [0.15, 0.2) is 51.4 Å². The molecule has 1 atom stereocenters. The summed E-state index contributed by atoms with van der Waals surface area (Å²) in [6.45, 7) is 5.47. The number of ketones is 1. The topological polar surface area (TPSA) is 26.3 Å². The molecule has 0 heterocycles. The molecule has 0 amide bonds. The largest absolute Gasteiger partial charge is 0.467 e. The first-order chi connectivity index (χ1) is 11.2. The van der Waals surface area contributed by atoms with Gasteiger partial charge in [-0.3, -0.25) is 4.79 Å². The van der Waals surface area contributed by atoms with Crippen LogP contribution in [0, 0.1) is 5.41 Å². The molecule has 128 valence electrons. The van der Waals surface area contributed by atoms with Gasteiger partial charge in [-0.1, -0.05) is 82.4 Å². The molecule has 0 aromatic heterocycles. The van der Waals surface area contributed by atoms with Crippen LogP contribution in [0.25, 0.3) is 0 Å². The van der Waals surface area contributed by atoms with Crippen LogP contribution >= 0.6 is 43.5 Å². The number of hydrogen-bond acceptors (Lipinski definition) is 2. The first-order valence-corrected chi connectivity index (χ1v) is 9.57. The molecule has 0 saturated heterocycles. The van der Waals surface area contributed by atoms with Gasteiger partial charge >= 0.3 is 0 Å². The summed E-state index contributed by atoms with van der Waals surface area (Å²) in [7, 11) is 0. The number of benzene rings is 2. The fourth-order valence-electron chi connectivity index (χ4n) is 2.08. The van der Waals surface area contributed by atoms with Gasteiger partial charge < -0.3 is 4.74 Å². The van der Waals surface area contributed by atoms with Crippen LogP contribution in [0.4, 0.5) is 0 Å². The maximum Gasteiger partial charge on any atom is 0.230 e. The second-order valence-electron chi connectivity index (χ2n) is 6.60. The number of halogens is 3. The number of ether oxygens (including phenoxy) is 1. The van der Waals surface area contributed by atoms with Crippen molar-refractivity contribution < 1.29 is 9.53 Å². The molecule has 2 aromatic rings. The third-order valence-corrected chi connectivity index (χ3v) is 5.07. The van der Waals surface area contributed by atoms with E-state index in [1.165, 1.54) is 5.56 Å². The van der Waals surface area contributed by atoms with Crippen LogP contribution in [-0.4, -0.2) is 11.3 Å². The van der Waals surface area contributed by atoms with Crippen molar-refractivity contribution in [2.75, 3.05) is 0 Å². The maximum absolute atomic E-state index is 12.1. The number of Topliss-reactive ketones (excluding diaryl/α,β-unsaturated/α-hetero) is 1. The van der Waals surface area contributed by atoms with Crippen LogP contribution in [0.2, 0.25) is 0 Å². The number of carbonyl (C=O) groups excluding carboxylic acids is 1. The molecule has 1 unspecified atom stereocenters. The van der Waals surface area contributed by atoms with Gasteiger partial charge in [0.2, 0.25) is 5.56 Å². The predicted octanol–water partition coefficient (Wildman–Crippen LogP) is 6.36. The normalized spacial score (nSPS) is 12.8. The summed E-state index contributed by atoms with van der Waals surface area (Å²) in [6, 6.07) is 13.9. The van der Waals surface area contributed by atoms with E-state index in [0.29, 0.717) is 5.75 Å². The van der Waals surface area contributed by atoms with E-state index in [1.807, 2.05) is 51.1 Å². The Morgan fingerprint density at radius 2 is 1.75 bits per heavy atom. The zero-order valence-electron chi connectivity index (χ0n) is 13.8. The van der Waals surface area contributed by atoms with Crippen molar-refractivity contribution in [1.82, 2.24) is 0 Å². The Bertz CT molecular complexity index is 721. The van der Waals surface area contributed by atoms with Crippen molar-refractivity contribution in [1.29, 1.82) is 0 Å². The van der Waals surface area contributed by atoms with Gasteiger partial charge in [-0.2, -0.15) is 0 Å². The van der Waals surface area contributed by atoms with E-state index in [-0.39, 0.29) is 5.78 Å². The first kappa shape index (κ1) is 19.5. The minimum Gasteiger partial charge on any atom is -0.467 e. The smallest absolute Gasteiger partial charge is 0.230 e. The number of hydrogen-bond donors (Lipinski definition) is 0. The molecule has 0 spiro atoms. The van der Waals surface area contributed by atoms with Crippen LogP contribution in [-0.2, 0) is 11.2 Å². The van der Waals surface area contributed by atoms with Crippen molar-refractivity contribution in [3.8, 4) is 5.75 Å². The lowest BCUT2D eigenvalue weighted by molar-refractivity contribution is -0.130. The van der Waals surface area contributed by atoms with Gasteiger partial charge in [0.25, 0.3) is 0 Å². The van der Waals surface area contributed by atoms with Gasteiger partial charge in [-0.05, 0) is 41.8 Å². The summed E-state index contributed by atoms with van der Waals surface area (Å²) >= 11 is 13.1. The van der Waals surface area contributed by atoms with Crippen LogP contribution in [0.3, 0.4) is 0 Å². The maximum atomic E-state index is 12.1. The van der Waals surface area contributed by atoms with E-state index < -0.39 is 11.0 Å². The van der Waals surface area contributed by atoms with Crippen molar-refractivity contribution >= 4 is 49.2 Å². The Labute approximate surface area is 164 Å². The number of alkyl halides is 1. The summed E-state index contributed by atoms with van der Waals surface area (Å²) in [6.07, 6.45) is 0.805. The second kappa shape index (κ2) is 8.03. The quantitative estimate of drug-likeness (QED) is 0.471. The third kappa shape index (κ3) is 5.33. The SMILES string of the molecule is CC(C)(C)C(=O)C(Cl)Oc1ccc(Cc2ccc(Br)cc2)c(Br)c1. The number of rotatable bonds is 5. The lowest BCUT2D eigenvalue weighted by Crippen LogP contribution is -2.32. The molecule has 2 rings (SSSR count). The van der Waals surface area contributed by atoms with E-state index in [9.17, 15) is 4.79 Å². The average Bonchev–Trinajstić information content (AvgIpc) is 2.50. The van der Waals surface area contributed by atoms with Crippen LogP contribution in [0.5, 0.6) is 5.75 Å². The first-order valence-electron chi connectivity index (χ1n) is 7.55. The van der Waals surface area contributed by atoms with Gasteiger partial charge in [-0.15, -0.1) is 0 Å². The van der Waals surface area contributed by atoms with Gasteiger partial charge in [0, 0.05) is 14.4 Å². The second-order valence-corrected chi connectivity index (χ2v) is 8.77. The lowest BCUT2D eigenvalue weighted by atomic mass is 9.91. The molecule has 0 saturated carbocycles. The Hall–Kier alpha value is -0.840. The molecule has 0 radical (unpaired) electrons. The van der Waals surface area contributed by atoms with Crippen molar-refractivity contribution in [2.24, 2.45) is 5.41 Å². The van der Waals surface area contributed by atoms with E-state index >= 15 is 0 Å². The molecule has 24 heavy (non-hydrogen) atoms. The van der Waals surface area contributed by atoms with Gasteiger partial charge in [0.1, 0.15) is 5.75 Å². The minimum atomic E-state index is -0.991. The Morgan fingerprint density at radius 1 is 1.12 bits per heavy atom. The molecule has 0 bridgehead atoms. The summed E-state index contributed by atoms with van der Waals surface area (Å²) in [5.74, 6) is 0.429. The third-order valence-electron chi connectivity index (χ3n) is 3.52. The fourth-order valence-corrected chi connectivity index (χ4v) is 3.27. The van der Waals surface area contributed by atoms with Crippen LogP contribution < -0.4 is 4.74 Å². The Morgan fingerprint density at radius 3 is 2.29 bits per heavy atom. The molecule has 2 aromatic carbocycles. The molecular formula is C19H19Br2ClO2. The van der Waals surface area contributed by atoms with Crippen LogP contribution in [0.1, 0.15) is 31.9 Å². The zero-order chi connectivity index (χ0) is 17.9. The Balaban J connectivity index is 2.09. The molecule has 0 aliphatic carbocycles. The summed E-state index contributed by atoms with van der Waals surface area (Å²) in [4.78, 5) is 12.1. The van der Waals surface area contributed by atoms with E-state index in [4.69, 9.17) is 16.3 Å². The molecule has 5 heteroatoms. The highest BCUT2D eigenvalue weighted by molar-refractivity contribution is 9.10. The highest BCUT2D eigenvalue weighted by Crippen LogP contribution is 2.28. The standard InChI is InChI=1S/C19H19Br2ClO2/c1-19(2,3)17(23)18(22)24-15-9-6-13(16(21)11-15)10-12-4-7-14(20)8-5-12/h4-9,11,18H,10H2,1-3H3. The molecule has 0 N–H and O–H groups in total. The summed E-state index contributed by atoms with van der Waals surface area (Å²) < 4.78 is 7.57. The summed E-state index contributed by atoms with van der Waals surface area (Å²) in [5.41, 5.74) is 0.823. The molecule has 0 fully saturated rings. The van der Waals surface area contributed by atoms with Crippen molar-refractivity contribution in [3.05, 3.63) is 62.5 Å².